The monoisotopic (exact) mass is 902 g/mol. The molecule has 10 aromatic carbocycles. The second-order valence-electron chi connectivity index (χ2n) is 17.5. The molecule has 0 aliphatic rings. The SMILES string of the molecule is c1ccc2cc3c(cc2c1)c1ccccc1n3-c1ccc(-c2nc(-c3ccc4c(c3)sc3ccccc34)nc(-c3ccc4c(c3)sc3ccccc34)n2)cc1-c1cccc2c1oc1ccccc12. The van der Waals surface area contributed by atoms with Gasteiger partial charge in [-0.05, 0) is 77.5 Å². The maximum atomic E-state index is 6.81. The molecule has 0 radical (unpaired) electrons. The van der Waals surface area contributed by atoms with Crippen LogP contribution in [0.25, 0.3) is 146 Å². The number of fused-ring (bicyclic) bond motifs is 13. The Labute approximate surface area is 396 Å². The molecule has 7 heteroatoms. The van der Waals surface area contributed by atoms with Crippen molar-refractivity contribution in [1.82, 2.24) is 19.5 Å². The van der Waals surface area contributed by atoms with Gasteiger partial charge in [0.1, 0.15) is 11.2 Å². The molecule has 0 saturated carbocycles. The fourth-order valence-electron chi connectivity index (χ4n) is 10.5. The van der Waals surface area contributed by atoms with Crippen LogP contribution in [0.4, 0.5) is 0 Å². The number of aromatic nitrogens is 4. The lowest BCUT2D eigenvalue weighted by Gasteiger charge is -2.16. The first kappa shape index (κ1) is 37.7. The smallest absolute Gasteiger partial charge is 0.164 e. The van der Waals surface area contributed by atoms with Gasteiger partial charge in [-0.3, -0.25) is 0 Å². The van der Waals surface area contributed by atoms with E-state index in [-0.39, 0.29) is 0 Å². The first-order valence-electron chi connectivity index (χ1n) is 22.7. The summed E-state index contributed by atoms with van der Waals surface area (Å²) in [7, 11) is 0. The summed E-state index contributed by atoms with van der Waals surface area (Å²) in [5, 5.41) is 11.9. The van der Waals surface area contributed by atoms with Crippen molar-refractivity contribution >= 4 is 118 Å². The van der Waals surface area contributed by atoms with Gasteiger partial charge in [-0.15, -0.1) is 22.7 Å². The maximum absolute atomic E-state index is 6.81. The molecule has 316 valence electrons. The van der Waals surface area contributed by atoms with Gasteiger partial charge in [0, 0.05) is 89.7 Å². The van der Waals surface area contributed by atoms with E-state index in [0.717, 1.165) is 66.5 Å². The Hall–Kier alpha value is -8.49. The molecule has 5 nitrogen and oxygen atoms in total. The highest BCUT2D eigenvalue weighted by atomic mass is 32.1. The molecule has 0 fully saturated rings. The Morgan fingerprint density at radius 3 is 1.56 bits per heavy atom. The zero-order valence-electron chi connectivity index (χ0n) is 36.1. The predicted octanol–water partition coefficient (Wildman–Crippen LogP) is 17.4. The molecule has 0 spiro atoms. The van der Waals surface area contributed by atoms with Crippen molar-refractivity contribution in [3.05, 3.63) is 206 Å². The minimum atomic E-state index is 0.593. The van der Waals surface area contributed by atoms with E-state index in [1.165, 1.54) is 61.9 Å². The number of thiophene rings is 2. The van der Waals surface area contributed by atoms with Gasteiger partial charge in [0.05, 0.1) is 16.7 Å². The van der Waals surface area contributed by atoms with Gasteiger partial charge in [-0.25, -0.2) is 15.0 Å². The third-order valence-corrected chi connectivity index (χ3v) is 15.9. The Morgan fingerprint density at radius 1 is 0.338 bits per heavy atom. The van der Waals surface area contributed by atoms with Crippen molar-refractivity contribution in [2.75, 3.05) is 0 Å². The highest BCUT2D eigenvalue weighted by Gasteiger charge is 2.22. The molecule has 5 heterocycles. The second-order valence-corrected chi connectivity index (χ2v) is 19.7. The van der Waals surface area contributed by atoms with Crippen LogP contribution in [0.15, 0.2) is 211 Å². The number of hydrogen-bond donors (Lipinski definition) is 0. The van der Waals surface area contributed by atoms with E-state index < -0.39 is 0 Å². The highest BCUT2D eigenvalue weighted by molar-refractivity contribution is 7.26. The number of hydrogen-bond acceptors (Lipinski definition) is 6. The first-order valence-corrected chi connectivity index (χ1v) is 24.4. The Bertz CT molecular complexity index is 4460. The Kier molecular flexibility index (Phi) is 8.04. The van der Waals surface area contributed by atoms with Crippen molar-refractivity contribution in [1.29, 1.82) is 0 Å². The summed E-state index contributed by atoms with van der Waals surface area (Å²) >= 11 is 3.60. The third kappa shape index (κ3) is 5.70. The molecular weight excluding hydrogens is 869 g/mol. The van der Waals surface area contributed by atoms with Gasteiger partial charge in [-0.1, -0.05) is 140 Å². The molecule has 0 aliphatic carbocycles. The molecule has 68 heavy (non-hydrogen) atoms. The molecule has 15 aromatic rings. The van der Waals surface area contributed by atoms with Crippen LogP contribution in [-0.4, -0.2) is 19.5 Å². The number of para-hydroxylation sites is 3. The largest absolute Gasteiger partial charge is 0.455 e. The van der Waals surface area contributed by atoms with E-state index in [1.54, 1.807) is 22.7 Å². The number of furan rings is 1. The van der Waals surface area contributed by atoms with E-state index in [9.17, 15) is 0 Å². The quantitative estimate of drug-likeness (QED) is 0.173. The van der Waals surface area contributed by atoms with Crippen LogP contribution < -0.4 is 0 Å². The van der Waals surface area contributed by atoms with Gasteiger partial charge >= 0.3 is 0 Å². The van der Waals surface area contributed by atoms with E-state index in [2.05, 4.69) is 205 Å². The first-order chi connectivity index (χ1) is 33.7. The molecule has 0 aliphatic heterocycles. The average molecular weight is 903 g/mol. The summed E-state index contributed by atoms with van der Waals surface area (Å²) in [6.07, 6.45) is 0. The molecular formula is C61H34N4OS2. The van der Waals surface area contributed by atoms with Crippen molar-refractivity contribution in [3.8, 4) is 51.0 Å². The number of benzene rings is 10. The van der Waals surface area contributed by atoms with Crippen LogP contribution in [0, 0.1) is 0 Å². The van der Waals surface area contributed by atoms with Gasteiger partial charge in [0.15, 0.2) is 17.5 Å². The van der Waals surface area contributed by atoms with E-state index in [1.807, 2.05) is 6.07 Å². The van der Waals surface area contributed by atoms with Crippen LogP contribution in [0.5, 0.6) is 0 Å². The average Bonchev–Trinajstić information content (AvgIpc) is 4.16. The molecule has 0 N–H and O–H groups in total. The predicted molar refractivity (Wildman–Crippen MR) is 286 cm³/mol. The number of rotatable bonds is 5. The van der Waals surface area contributed by atoms with Crippen molar-refractivity contribution in [2.24, 2.45) is 0 Å². The number of nitrogens with zero attached hydrogens (tertiary/aromatic N) is 4. The van der Waals surface area contributed by atoms with Crippen molar-refractivity contribution < 1.29 is 4.42 Å². The molecule has 0 atom stereocenters. The Morgan fingerprint density at radius 2 is 0.868 bits per heavy atom. The third-order valence-electron chi connectivity index (χ3n) is 13.6. The maximum Gasteiger partial charge on any atom is 0.164 e. The molecule has 5 aromatic heterocycles. The normalized spacial score (nSPS) is 12.1. The summed E-state index contributed by atoms with van der Waals surface area (Å²) in [5.41, 5.74) is 9.73. The Balaban J connectivity index is 0.998. The van der Waals surface area contributed by atoms with Crippen LogP contribution in [0.1, 0.15) is 0 Å². The standard InChI is InChI=1S/C61H34N4OS2/c1-2-13-36-32-52-48(30-35(36)12-1)40-14-3-7-20-50(40)65(52)51-29-26-37(31-49(51)47-19-11-18-46-41-15-4-8-21-53(41)66-58(46)47)59-62-60(38-24-27-44-42-16-5-9-22-54(42)67-56(44)33-38)64-61(63-59)39-25-28-45-43-17-6-10-23-55(43)68-57(45)34-39/h1-34H. The fraction of sp³-hybridized carbons (Fsp3) is 0. The van der Waals surface area contributed by atoms with E-state index >= 15 is 0 Å². The zero-order chi connectivity index (χ0) is 44.5. The summed E-state index contributed by atoms with van der Waals surface area (Å²) in [4.78, 5) is 16.0. The van der Waals surface area contributed by atoms with Gasteiger partial charge < -0.3 is 8.98 Å². The lowest BCUT2D eigenvalue weighted by Crippen LogP contribution is -2.02. The van der Waals surface area contributed by atoms with Crippen LogP contribution in [-0.2, 0) is 0 Å². The molecule has 0 bridgehead atoms. The summed E-state index contributed by atoms with van der Waals surface area (Å²) in [5.74, 6) is 1.84. The minimum absolute atomic E-state index is 0.593. The topological polar surface area (TPSA) is 56.7 Å². The summed E-state index contributed by atoms with van der Waals surface area (Å²) in [6.45, 7) is 0. The van der Waals surface area contributed by atoms with Gasteiger partial charge in [0.2, 0.25) is 0 Å². The molecule has 0 unspecified atom stereocenters. The van der Waals surface area contributed by atoms with Gasteiger partial charge in [-0.2, -0.15) is 0 Å². The van der Waals surface area contributed by atoms with E-state index in [4.69, 9.17) is 19.4 Å². The fourth-order valence-corrected chi connectivity index (χ4v) is 12.7. The summed E-state index contributed by atoms with van der Waals surface area (Å²) in [6, 6.07) is 73.9. The van der Waals surface area contributed by atoms with Crippen LogP contribution in [0.2, 0.25) is 0 Å². The highest BCUT2D eigenvalue weighted by Crippen LogP contribution is 2.44. The summed E-state index contributed by atoms with van der Waals surface area (Å²) < 4.78 is 14.1. The van der Waals surface area contributed by atoms with Crippen molar-refractivity contribution in [3.63, 3.8) is 0 Å². The minimum Gasteiger partial charge on any atom is -0.455 e. The molecule has 15 rings (SSSR count). The van der Waals surface area contributed by atoms with Crippen molar-refractivity contribution in [2.45, 2.75) is 0 Å². The van der Waals surface area contributed by atoms with Crippen LogP contribution >= 0.6 is 22.7 Å². The lowest BCUT2D eigenvalue weighted by molar-refractivity contribution is 0.670. The molecule has 0 saturated heterocycles. The molecule has 0 amide bonds. The second kappa shape index (κ2) is 14.5. The van der Waals surface area contributed by atoms with Crippen LogP contribution in [0.3, 0.4) is 0 Å². The zero-order valence-corrected chi connectivity index (χ0v) is 37.8. The van der Waals surface area contributed by atoms with E-state index in [0.29, 0.717) is 17.5 Å². The lowest BCUT2D eigenvalue weighted by atomic mass is 9.97. The van der Waals surface area contributed by atoms with Gasteiger partial charge in [0.25, 0.3) is 0 Å².